The van der Waals surface area contributed by atoms with Crippen LogP contribution in [0.25, 0.3) is 0 Å². The van der Waals surface area contributed by atoms with Crippen molar-refractivity contribution in [1.82, 2.24) is 0 Å². The van der Waals surface area contributed by atoms with E-state index in [9.17, 15) is 8.42 Å². The number of hydrogen-bond donors (Lipinski definition) is 2. The maximum absolute atomic E-state index is 12.1. The lowest BCUT2D eigenvalue weighted by Gasteiger charge is -2.10. The van der Waals surface area contributed by atoms with Gasteiger partial charge in [0.1, 0.15) is 4.90 Å². The fourth-order valence-electron chi connectivity index (χ4n) is 1.56. The lowest BCUT2D eigenvalue weighted by molar-refractivity contribution is 0.601. The van der Waals surface area contributed by atoms with Gasteiger partial charge >= 0.3 is 0 Å². The molecule has 0 saturated heterocycles. The molecule has 3 N–H and O–H groups in total. The minimum atomic E-state index is -3.63. The predicted octanol–water partition coefficient (Wildman–Crippen LogP) is 2.38. The van der Waals surface area contributed by atoms with Crippen molar-refractivity contribution >= 4 is 21.4 Å². The fourth-order valence-corrected chi connectivity index (χ4v) is 2.75. The van der Waals surface area contributed by atoms with Gasteiger partial charge in [0, 0.05) is 5.69 Å². The number of aryl methyl sites for hydroxylation is 1. The average Bonchev–Trinajstić information content (AvgIpc) is 2.32. The molecule has 0 aliphatic carbocycles. The zero-order valence-electron chi connectivity index (χ0n) is 9.92. The van der Waals surface area contributed by atoms with Crippen LogP contribution < -0.4 is 10.5 Å². The monoisotopic (exact) mass is 262 g/mol. The molecule has 18 heavy (non-hydrogen) atoms. The highest BCUT2D eigenvalue weighted by atomic mass is 32.2. The van der Waals surface area contributed by atoms with Gasteiger partial charge in [-0.2, -0.15) is 0 Å². The van der Waals surface area contributed by atoms with Crippen LogP contribution in [0.3, 0.4) is 0 Å². The van der Waals surface area contributed by atoms with Crippen LogP contribution in [0, 0.1) is 6.92 Å². The molecular formula is C13H14N2O2S. The minimum Gasteiger partial charge on any atom is -0.398 e. The largest absolute Gasteiger partial charge is 0.398 e. The fraction of sp³-hybridized carbons (Fsp3) is 0.0769. The zero-order chi connectivity index (χ0) is 13.2. The highest BCUT2D eigenvalue weighted by Crippen LogP contribution is 2.21. The van der Waals surface area contributed by atoms with E-state index >= 15 is 0 Å². The Hall–Kier alpha value is -2.01. The molecular weight excluding hydrogens is 248 g/mol. The van der Waals surface area contributed by atoms with Crippen molar-refractivity contribution in [3.63, 3.8) is 0 Å². The molecule has 2 aromatic carbocycles. The molecule has 5 heteroatoms. The highest BCUT2D eigenvalue weighted by molar-refractivity contribution is 7.92. The second kappa shape index (κ2) is 4.70. The molecule has 2 aromatic rings. The third kappa shape index (κ3) is 2.62. The van der Waals surface area contributed by atoms with Crippen molar-refractivity contribution in [2.75, 3.05) is 10.5 Å². The van der Waals surface area contributed by atoms with Crippen LogP contribution in [0.15, 0.2) is 53.4 Å². The Balaban J connectivity index is 2.33. The van der Waals surface area contributed by atoms with E-state index in [2.05, 4.69) is 4.72 Å². The third-order valence-electron chi connectivity index (χ3n) is 2.51. The van der Waals surface area contributed by atoms with Gasteiger partial charge in [0.05, 0.1) is 5.69 Å². The number of para-hydroxylation sites is 1. The van der Waals surface area contributed by atoms with E-state index < -0.39 is 10.0 Å². The van der Waals surface area contributed by atoms with Gasteiger partial charge in [-0.15, -0.1) is 0 Å². The van der Waals surface area contributed by atoms with E-state index in [1.165, 1.54) is 6.07 Å². The van der Waals surface area contributed by atoms with E-state index in [1.807, 2.05) is 19.1 Å². The van der Waals surface area contributed by atoms with Crippen molar-refractivity contribution in [3.05, 3.63) is 54.1 Å². The Bertz CT molecular complexity index is 649. The van der Waals surface area contributed by atoms with Crippen molar-refractivity contribution < 1.29 is 8.42 Å². The van der Waals surface area contributed by atoms with Crippen molar-refractivity contribution in [3.8, 4) is 0 Å². The van der Waals surface area contributed by atoms with E-state index in [1.54, 1.807) is 30.3 Å². The molecule has 94 valence electrons. The first-order chi connectivity index (χ1) is 8.49. The van der Waals surface area contributed by atoms with Gasteiger partial charge in [-0.1, -0.05) is 29.8 Å². The maximum Gasteiger partial charge on any atom is 0.263 e. The number of hydrogen-bond acceptors (Lipinski definition) is 3. The van der Waals surface area contributed by atoms with Gasteiger partial charge in [0.15, 0.2) is 0 Å². The minimum absolute atomic E-state index is 0.0885. The molecule has 4 nitrogen and oxygen atoms in total. The van der Waals surface area contributed by atoms with Crippen LogP contribution in [0.4, 0.5) is 11.4 Å². The molecule has 0 radical (unpaired) electrons. The summed E-state index contributed by atoms with van der Waals surface area (Å²) in [5, 5.41) is 0. The first kappa shape index (κ1) is 12.4. The Morgan fingerprint density at radius 1 is 1.00 bits per heavy atom. The number of nitrogen functional groups attached to an aromatic ring is 1. The molecule has 0 fully saturated rings. The highest BCUT2D eigenvalue weighted by Gasteiger charge is 2.16. The summed E-state index contributed by atoms with van der Waals surface area (Å²) in [4.78, 5) is 0.0885. The van der Waals surface area contributed by atoms with Crippen LogP contribution in [-0.2, 0) is 10.0 Å². The summed E-state index contributed by atoms with van der Waals surface area (Å²) in [5.41, 5.74) is 7.48. The molecule has 2 rings (SSSR count). The Labute approximate surface area is 107 Å². The molecule has 0 aromatic heterocycles. The SMILES string of the molecule is Cc1ccc(NS(=O)(=O)c2ccccc2N)cc1. The quantitative estimate of drug-likeness (QED) is 0.834. The number of nitrogens with one attached hydrogen (secondary N) is 1. The van der Waals surface area contributed by atoms with E-state index in [-0.39, 0.29) is 10.6 Å². The molecule has 0 bridgehead atoms. The second-order valence-corrected chi connectivity index (χ2v) is 5.66. The summed E-state index contributed by atoms with van der Waals surface area (Å²) in [5.74, 6) is 0. The molecule has 0 atom stereocenters. The molecule has 0 aliphatic heterocycles. The Morgan fingerprint density at radius 3 is 2.22 bits per heavy atom. The molecule has 0 spiro atoms. The summed E-state index contributed by atoms with van der Waals surface area (Å²) < 4.78 is 26.7. The van der Waals surface area contributed by atoms with Crippen molar-refractivity contribution in [2.45, 2.75) is 11.8 Å². The summed E-state index contributed by atoms with van der Waals surface area (Å²) in [6, 6.07) is 13.5. The Kier molecular flexibility index (Phi) is 3.25. The maximum atomic E-state index is 12.1. The first-order valence-corrected chi connectivity index (χ1v) is 6.91. The van der Waals surface area contributed by atoms with Gasteiger partial charge in [0.2, 0.25) is 0 Å². The van der Waals surface area contributed by atoms with Gasteiger partial charge < -0.3 is 5.73 Å². The molecule has 0 unspecified atom stereocenters. The molecule has 0 aliphatic rings. The van der Waals surface area contributed by atoms with Crippen molar-refractivity contribution in [2.24, 2.45) is 0 Å². The second-order valence-electron chi connectivity index (χ2n) is 4.01. The predicted molar refractivity (Wildman–Crippen MR) is 72.8 cm³/mol. The standard InChI is InChI=1S/C13H14N2O2S/c1-10-6-8-11(9-7-10)15-18(16,17)13-5-3-2-4-12(13)14/h2-9,15H,14H2,1H3. The number of rotatable bonds is 3. The summed E-state index contributed by atoms with van der Waals surface area (Å²) in [7, 11) is -3.63. The van der Waals surface area contributed by atoms with E-state index in [0.29, 0.717) is 5.69 Å². The summed E-state index contributed by atoms with van der Waals surface area (Å²) in [6.07, 6.45) is 0. The summed E-state index contributed by atoms with van der Waals surface area (Å²) in [6.45, 7) is 1.94. The smallest absolute Gasteiger partial charge is 0.263 e. The number of sulfonamides is 1. The zero-order valence-corrected chi connectivity index (χ0v) is 10.7. The molecule has 0 amide bonds. The number of anilines is 2. The number of benzene rings is 2. The van der Waals surface area contributed by atoms with Crippen LogP contribution in [0.2, 0.25) is 0 Å². The molecule has 0 heterocycles. The van der Waals surface area contributed by atoms with Gasteiger partial charge in [0.25, 0.3) is 10.0 Å². The van der Waals surface area contributed by atoms with Gasteiger partial charge in [-0.05, 0) is 31.2 Å². The van der Waals surface area contributed by atoms with E-state index in [0.717, 1.165) is 5.56 Å². The van der Waals surface area contributed by atoms with E-state index in [4.69, 9.17) is 5.73 Å². The lowest BCUT2D eigenvalue weighted by atomic mass is 10.2. The third-order valence-corrected chi connectivity index (χ3v) is 3.97. The number of nitrogens with two attached hydrogens (primary N) is 1. The molecule has 0 saturated carbocycles. The van der Waals surface area contributed by atoms with Crippen LogP contribution >= 0.6 is 0 Å². The van der Waals surface area contributed by atoms with Gasteiger partial charge in [-0.25, -0.2) is 8.42 Å². The van der Waals surface area contributed by atoms with Crippen molar-refractivity contribution in [1.29, 1.82) is 0 Å². The Morgan fingerprint density at radius 2 is 1.61 bits per heavy atom. The normalized spacial score (nSPS) is 11.2. The van der Waals surface area contributed by atoms with Gasteiger partial charge in [-0.3, -0.25) is 4.72 Å². The lowest BCUT2D eigenvalue weighted by Crippen LogP contribution is -2.14. The van der Waals surface area contributed by atoms with Crippen LogP contribution in [0.5, 0.6) is 0 Å². The average molecular weight is 262 g/mol. The first-order valence-electron chi connectivity index (χ1n) is 5.43. The van der Waals surface area contributed by atoms with Crippen LogP contribution in [0.1, 0.15) is 5.56 Å². The topological polar surface area (TPSA) is 72.2 Å². The van der Waals surface area contributed by atoms with Crippen LogP contribution in [-0.4, -0.2) is 8.42 Å². The summed E-state index contributed by atoms with van der Waals surface area (Å²) >= 11 is 0.